The fraction of sp³-hybridized carbons (Fsp3) is 0.357. The standard InChI is InChI=1S/C28H32N2/c1-2-3-4-5-6-7-8-23-9-11-24(12-10-23)13-14-26-17-20-28(30-22-26)27-18-15-25(21-29)16-19-27/h9-12,15-20,22H,2-8,13-14H2,1H3. The molecular formula is C28H32N2. The van der Waals surface area contributed by atoms with Crippen LogP contribution in [0.4, 0.5) is 0 Å². The van der Waals surface area contributed by atoms with Gasteiger partial charge in [-0.15, -0.1) is 0 Å². The Hall–Kier alpha value is -2.92. The average Bonchev–Trinajstić information content (AvgIpc) is 2.81. The minimum Gasteiger partial charge on any atom is -0.256 e. The number of hydrogen-bond donors (Lipinski definition) is 0. The predicted octanol–water partition coefficient (Wildman–Crippen LogP) is 7.31. The van der Waals surface area contributed by atoms with Gasteiger partial charge in [0.2, 0.25) is 0 Å². The Morgan fingerprint density at radius 3 is 1.90 bits per heavy atom. The smallest absolute Gasteiger partial charge is 0.0991 e. The summed E-state index contributed by atoms with van der Waals surface area (Å²) in [5, 5.41) is 8.91. The molecule has 0 saturated heterocycles. The maximum Gasteiger partial charge on any atom is 0.0991 e. The number of benzene rings is 2. The lowest BCUT2D eigenvalue weighted by Gasteiger charge is -2.06. The Kier molecular flexibility index (Phi) is 8.66. The number of hydrogen-bond acceptors (Lipinski definition) is 2. The molecule has 0 bridgehead atoms. The van der Waals surface area contributed by atoms with E-state index in [0.29, 0.717) is 5.56 Å². The molecule has 0 radical (unpaired) electrons. The average molecular weight is 397 g/mol. The van der Waals surface area contributed by atoms with Gasteiger partial charge in [-0.2, -0.15) is 5.26 Å². The summed E-state index contributed by atoms with van der Waals surface area (Å²) in [5.74, 6) is 0. The van der Waals surface area contributed by atoms with Crippen LogP contribution in [0.15, 0.2) is 66.9 Å². The van der Waals surface area contributed by atoms with E-state index in [1.54, 1.807) is 0 Å². The molecular weight excluding hydrogens is 364 g/mol. The summed E-state index contributed by atoms with van der Waals surface area (Å²) in [7, 11) is 0. The van der Waals surface area contributed by atoms with Gasteiger partial charge in [-0.25, -0.2) is 0 Å². The maximum atomic E-state index is 8.91. The molecule has 0 saturated carbocycles. The number of unbranched alkanes of at least 4 members (excludes halogenated alkanes) is 5. The van der Waals surface area contributed by atoms with E-state index in [4.69, 9.17) is 5.26 Å². The molecule has 0 amide bonds. The van der Waals surface area contributed by atoms with Crippen LogP contribution in [-0.2, 0) is 19.3 Å². The fourth-order valence-corrected chi connectivity index (χ4v) is 3.73. The number of pyridine rings is 1. The minimum atomic E-state index is 0.674. The first-order valence-corrected chi connectivity index (χ1v) is 11.3. The summed E-state index contributed by atoms with van der Waals surface area (Å²) in [6.07, 6.45) is 13.3. The lowest BCUT2D eigenvalue weighted by Crippen LogP contribution is -1.94. The number of aromatic nitrogens is 1. The predicted molar refractivity (Wildman–Crippen MR) is 125 cm³/mol. The maximum absolute atomic E-state index is 8.91. The molecule has 2 heteroatoms. The molecule has 1 aromatic heterocycles. The van der Waals surface area contributed by atoms with E-state index in [-0.39, 0.29) is 0 Å². The first-order valence-electron chi connectivity index (χ1n) is 11.3. The molecule has 154 valence electrons. The normalized spacial score (nSPS) is 10.7. The number of aryl methyl sites for hydroxylation is 3. The van der Waals surface area contributed by atoms with Crippen molar-refractivity contribution in [3.05, 3.63) is 89.1 Å². The second-order valence-corrected chi connectivity index (χ2v) is 8.08. The van der Waals surface area contributed by atoms with Crippen LogP contribution in [0.25, 0.3) is 11.3 Å². The van der Waals surface area contributed by atoms with Gasteiger partial charge in [-0.05, 0) is 60.6 Å². The second kappa shape index (κ2) is 11.9. The van der Waals surface area contributed by atoms with E-state index in [0.717, 1.165) is 24.1 Å². The summed E-state index contributed by atoms with van der Waals surface area (Å²) >= 11 is 0. The SMILES string of the molecule is CCCCCCCCc1ccc(CCc2ccc(-c3ccc(C#N)cc3)nc2)cc1. The van der Waals surface area contributed by atoms with Gasteiger partial charge in [0.15, 0.2) is 0 Å². The van der Waals surface area contributed by atoms with E-state index in [9.17, 15) is 0 Å². The van der Waals surface area contributed by atoms with Gasteiger partial charge in [0.05, 0.1) is 17.3 Å². The minimum absolute atomic E-state index is 0.674. The third kappa shape index (κ3) is 6.85. The van der Waals surface area contributed by atoms with Crippen LogP contribution in [-0.4, -0.2) is 4.98 Å². The first kappa shape index (κ1) is 21.8. The van der Waals surface area contributed by atoms with Crippen molar-refractivity contribution in [2.75, 3.05) is 0 Å². The first-order chi connectivity index (χ1) is 14.8. The molecule has 2 aromatic carbocycles. The Morgan fingerprint density at radius 1 is 0.667 bits per heavy atom. The highest BCUT2D eigenvalue weighted by atomic mass is 14.7. The van der Waals surface area contributed by atoms with Crippen LogP contribution in [0.1, 0.15) is 67.7 Å². The van der Waals surface area contributed by atoms with Gasteiger partial charge < -0.3 is 0 Å². The van der Waals surface area contributed by atoms with E-state index >= 15 is 0 Å². The van der Waals surface area contributed by atoms with Gasteiger partial charge in [-0.3, -0.25) is 4.98 Å². The van der Waals surface area contributed by atoms with Gasteiger partial charge in [0.25, 0.3) is 0 Å². The Morgan fingerprint density at radius 2 is 1.27 bits per heavy atom. The zero-order valence-corrected chi connectivity index (χ0v) is 18.1. The number of rotatable bonds is 11. The molecule has 0 spiro atoms. The van der Waals surface area contributed by atoms with E-state index in [2.05, 4.69) is 54.4 Å². The van der Waals surface area contributed by atoms with E-state index < -0.39 is 0 Å². The molecule has 3 rings (SSSR count). The van der Waals surface area contributed by atoms with Gasteiger partial charge in [0, 0.05) is 11.8 Å². The van der Waals surface area contributed by atoms with Crippen molar-refractivity contribution in [2.45, 2.75) is 64.7 Å². The van der Waals surface area contributed by atoms with Crippen molar-refractivity contribution >= 4 is 0 Å². The highest BCUT2D eigenvalue weighted by molar-refractivity contribution is 5.60. The molecule has 2 nitrogen and oxygen atoms in total. The topological polar surface area (TPSA) is 36.7 Å². The molecule has 30 heavy (non-hydrogen) atoms. The highest BCUT2D eigenvalue weighted by Gasteiger charge is 2.02. The third-order valence-corrected chi connectivity index (χ3v) is 5.68. The summed E-state index contributed by atoms with van der Waals surface area (Å²) in [6, 6.07) is 23.1. The van der Waals surface area contributed by atoms with Crippen molar-refractivity contribution < 1.29 is 0 Å². The summed E-state index contributed by atoms with van der Waals surface area (Å²) < 4.78 is 0. The molecule has 0 N–H and O–H groups in total. The van der Waals surface area contributed by atoms with Crippen LogP contribution in [0.3, 0.4) is 0 Å². The van der Waals surface area contributed by atoms with Gasteiger partial charge in [-0.1, -0.05) is 81.5 Å². The molecule has 0 unspecified atom stereocenters. The lowest BCUT2D eigenvalue weighted by molar-refractivity contribution is 0.607. The molecule has 1 heterocycles. The fourth-order valence-electron chi connectivity index (χ4n) is 3.73. The highest BCUT2D eigenvalue weighted by Crippen LogP contribution is 2.18. The molecule has 0 aliphatic carbocycles. The lowest BCUT2D eigenvalue weighted by atomic mass is 10.0. The molecule has 0 atom stereocenters. The van der Waals surface area contributed by atoms with E-state index in [1.807, 2.05) is 30.5 Å². The largest absolute Gasteiger partial charge is 0.256 e. The quantitative estimate of drug-likeness (QED) is 0.319. The van der Waals surface area contributed by atoms with Crippen LogP contribution in [0.2, 0.25) is 0 Å². The summed E-state index contributed by atoms with van der Waals surface area (Å²) in [5.41, 5.74) is 6.77. The van der Waals surface area contributed by atoms with Crippen molar-refractivity contribution in [3.63, 3.8) is 0 Å². The van der Waals surface area contributed by atoms with Crippen molar-refractivity contribution in [1.29, 1.82) is 5.26 Å². The van der Waals surface area contributed by atoms with Gasteiger partial charge in [0.1, 0.15) is 0 Å². The monoisotopic (exact) mass is 396 g/mol. The Labute approximate surface area is 181 Å². The van der Waals surface area contributed by atoms with Crippen LogP contribution in [0.5, 0.6) is 0 Å². The third-order valence-electron chi connectivity index (χ3n) is 5.68. The molecule has 0 aliphatic heterocycles. The van der Waals surface area contributed by atoms with Crippen molar-refractivity contribution in [2.24, 2.45) is 0 Å². The summed E-state index contributed by atoms with van der Waals surface area (Å²) in [4.78, 5) is 4.61. The zero-order chi connectivity index (χ0) is 21.0. The Balaban J connectivity index is 1.44. The van der Waals surface area contributed by atoms with Crippen LogP contribution >= 0.6 is 0 Å². The van der Waals surface area contributed by atoms with Gasteiger partial charge >= 0.3 is 0 Å². The van der Waals surface area contributed by atoms with Crippen LogP contribution in [0, 0.1) is 11.3 Å². The molecule has 3 aromatic rings. The second-order valence-electron chi connectivity index (χ2n) is 8.08. The number of nitrogens with zero attached hydrogens (tertiary/aromatic N) is 2. The number of nitriles is 1. The van der Waals surface area contributed by atoms with Crippen molar-refractivity contribution in [1.82, 2.24) is 4.98 Å². The Bertz CT molecular complexity index is 916. The molecule has 0 aliphatic rings. The summed E-state index contributed by atoms with van der Waals surface area (Å²) in [6.45, 7) is 2.27. The zero-order valence-electron chi connectivity index (χ0n) is 18.1. The van der Waals surface area contributed by atoms with Crippen molar-refractivity contribution in [3.8, 4) is 17.3 Å². The van der Waals surface area contributed by atoms with Crippen LogP contribution < -0.4 is 0 Å². The molecule has 0 fully saturated rings. The van der Waals surface area contributed by atoms with E-state index in [1.165, 1.54) is 61.6 Å².